The van der Waals surface area contributed by atoms with E-state index in [2.05, 4.69) is 212 Å². The van der Waals surface area contributed by atoms with Crippen molar-refractivity contribution in [1.82, 2.24) is 4.98 Å². The second-order valence-corrected chi connectivity index (χ2v) is 17.3. The van der Waals surface area contributed by atoms with Crippen molar-refractivity contribution in [2.45, 2.75) is 19.3 Å². The van der Waals surface area contributed by atoms with E-state index >= 15 is 0 Å². The fraction of sp³-hybridized carbons (Fsp3) is 0.0545. The van der Waals surface area contributed by atoms with Crippen LogP contribution >= 0.6 is 11.3 Å². The number of hydrogen-bond acceptors (Lipinski definition) is 2. The largest absolute Gasteiger partial charge is 0.354 e. The highest BCUT2D eigenvalue weighted by Gasteiger charge is 2.35. The minimum Gasteiger partial charge on any atom is -0.354 e. The summed E-state index contributed by atoms with van der Waals surface area (Å²) in [5, 5.41) is 7.75. The number of aromatic nitrogens is 1. The number of thiophene rings is 1. The summed E-state index contributed by atoms with van der Waals surface area (Å²) >= 11 is 1.90. The molecule has 1 N–H and O–H groups in total. The molecule has 0 bridgehead atoms. The maximum atomic E-state index is 3.77. The van der Waals surface area contributed by atoms with E-state index in [1.807, 2.05) is 11.3 Å². The lowest BCUT2D eigenvalue weighted by Crippen LogP contribution is -2.16. The lowest BCUT2D eigenvalue weighted by Gasteiger charge is -2.28. The second kappa shape index (κ2) is 12.5. The molecule has 0 saturated heterocycles. The summed E-state index contributed by atoms with van der Waals surface area (Å²) in [5.41, 5.74) is 16.0. The average molecular weight is 759 g/mol. The van der Waals surface area contributed by atoms with Crippen molar-refractivity contribution in [3.8, 4) is 33.4 Å². The van der Waals surface area contributed by atoms with Crippen molar-refractivity contribution in [3.63, 3.8) is 0 Å². The fourth-order valence-electron chi connectivity index (χ4n) is 9.65. The molecule has 3 heteroatoms. The summed E-state index contributed by atoms with van der Waals surface area (Å²) in [4.78, 5) is 6.17. The maximum Gasteiger partial charge on any atom is 0.0559 e. The van der Waals surface area contributed by atoms with Crippen molar-refractivity contribution in [1.29, 1.82) is 0 Å². The molecule has 9 aromatic carbocycles. The number of para-hydroxylation sites is 1. The normalized spacial score (nSPS) is 13.1. The molecular formula is C55H38N2S. The Labute approximate surface area is 341 Å². The summed E-state index contributed by atoms with van der Waals surface area (Å²) in [6, 6.07) is 69.4. The number of H-pyrrole nitrogens is 1. The molecule has 2 nitrogen and oxygen atoms in total. The van der Waals surface area contributed by atoms with Gasteiger partial charge in [-0.15, -0.1) is 11.3 Å². The van der Waals surface area contributed by atoms with E-state index in [0.717, 1.165) is 17.1 Å². The number of fused-ring (bicyclic) bond motifs is 12. The first-order valence-corrected chi connectivity index (χ1v) is 20.9. The molecule has 0 radical (unpaired) electrons. The molecule has 0 amide bonds. The highest BCUT2D eigenvalue weighted by Crippen LogP contribution is 2.51. The number of nitrogens with zero attached hydrogens (tertiary/aromatic N) is 1. The smallest absolute Gasteiger partial charge is 0.0559 e. The minimum absolute atomic E-state index is 0.0903. The first kappa shape index (κ1) is 33.2. The molecule has 0 atom stereocenters. The number of nitrogens with one attached hydrogen (secondary N) is 1. The molecule has 274 valence electrons. The van der Waals surface area contributed by atoms with Gasteiger partial charge in [-0.3, -0.25) is 0 Å². The summed E-state index contributed by atoms with van der Waals surface area (Å²) in [5.74, 6) is 0. The third kappa shape index (κ3) is 4.97. The Kier molecular flexibility index (Phi) is 7.18. The lowest BCUT2D eigenvalue weighted by molar-refractivity contribution is 0.660. The van der Waals surface area contributed by atoms with Gasteiger partial charge < -0.3 is 9.88 Å². The van der Waals surface area contributed by atoms with Crippen LogP contribution in [0, 0.1) is 0 Å². The van der Waals surface area contributed by atoms with Crippen molar-refractivity contribution in [2.24, 2.45) is 0 Å². The van der Waals surface area contributed by atoms with Gasteiger partial charge in [0.25, 0.3) is 0 Å². The third-order valence-corrected chi connectivity index (χ3v) is 13.8. The number of aromatic amines is 1. The van der Waals surface area contributed by atoms with Crippen LogP contribution in [0.15, 0.2) is 188 Å². The highest BCUT2D eigenvalue weighted by atomic mass is 32.1. The van der Waals surface area contributed by atoms with Gasteiger partial charge in [-0.25, -0.2) is 0 Å². The third-order valence-electron chi connectivity index (χ3n) is 12.6. The Bertz CT molecular complexity index is 3400. The molecule has 58 heavy (non-hydrogen) atoms. The molecule has 2 heterocycles. The maximum absolute atomic E-state index is 3.77. The monoisotopic (exact) mass is 758 g/mol. The number of benzene rings is 9. The van der Waals surface area contributed by atoms with E-state index in [0.29, 0.717) is 0 Å². The van der Waals surface area contributed by atoms with E-state index in [1.165, 1.54) is 97.3 Å². The molecule has 0 aliphatic heterocycles. The Hall–Kier alpha value is -6.94. The van der Waals surface area contributed by atoms with Crippen LogP contribution in [0.5, 0.6) is 0 Å². The highest BCUT2D eigenvalue weighted by molar-refractivity contribution is 7.26. The SMILES string of the molecule is CC1(C)c2ccccc2-c2ccc(N(c3ccc(-c4ccccc4)cc3)c3ccc(-c4ccc5sc6c(ccc7ccc8c9ccccc9[nH]c8c76)c5c4)cc3)cc21. The van der Waals surface area contributed by atoms with Crippen molar-refractivity contribution >= 4 is 81.1 Å². The van der Waals surface area contributed by atoms with E-state index in [1.54, 1.807) is 0 Å². The van der Waals surface area contributed by atoms with Crippen LogP contribution in [-0.2, 0) is 5.41 Å². The fourth-order valence-corrected chi connectivity index (χ4v) is 10.9. The van der Waals surface area contributed by atoms with Gasteiger partial charge in [0, 0.05) is 64.3 Å². The van der Waals surface area contributed by atoms with Crippen LogP contribution in [0.2, 0.25) is 0 Å². The van der Waals surface area contributed by atoms with Crippen molar-refractivity contribution in [3.05, 3.63) is 199 Å². The molecule has 2 aromatic heterocycles. The quantitative estimate of drug-likeness (QED) is 0.185. The number of hydrogen-bond donors (Lipinski definition) is 1. The summed E-state index contributed by atoms with van der Waals surface area (Å²) in [6.07, 6.45) is 0. The topological polar surface area (TPSA) is 19.0 Å². The van der Waals surface area contributed by atoms with E-state index in [4.69, 9.17) is 0 Å². The van der Waals surface area contributed by atoms with Crippen LogP contribution < -0.4 is 4.90 Å². The van der Waals surface area contributed by atoms with Crippen molar-refractivity contribution in [2.75, 3.05) is 4.90 Å². The van der Waals surface area contributed by atoms with Crippen LogP contribution in [0.3, 0.4) is 0 Å². The summed E-state index contributed by atoms with van der Waals surface area (Å²) in [6.45, 7) is 4.71. The predicted molar refractivity (Wildman–Crippen MR) is 249 cm³/mol. The zero-order chi connectivity index (χ0) is 38.5. The van der Waals surface area contributed by atoms with Crippen LogP contribution in [-0.4, -0.2) is 4.98 Å². The van der Waals surface area contributed by atoms with Crippen molar-refractivity contribution < 1.29 is 0 Å². The van der Waals surface area contributed by atoms with Gasteiger partial charge in [0.05, 0.1) is 5.52 Å². The van der Waals surface area contributed by atoms with Crippen LogP contribution in [0.4, 0.5) is 17.1 Å². The first-order chi connectivity index (χ1) is 28.5. The molecule has 0 saturated carbocycles. The van der Waals surface area contributed by atoms with Gasteiger partial charge >= 0.3 is 0 Å². The van der Waals surface area contributed by atoms with Gasteiger partial charge in [-0.05, 0) is 104 Å². The summed E-state index contributed by atoms with van der Waals surface area (Å²) < 4.78 is 2.65. The van der Waals surface area contributed by atoms with Gasteiger partial charge in [0.1, 0.15) is 0 Å². The Morgan fingerprint density at radius 2 is 1.07 bits per heavy atom. The zero-order valence-electron chi connectivity index (χ0n) is 32.3. The molecule has 0 fully saturated rings. The van der Waals surface area contributed by atoms with Gasteiger partial charge in [0.2, 0.25) is 0 Å². The second-order valence-electron chi connectivity index (χ2n) is 16.2. The van der Waals surface area contributed by atoms with E-state index in [9.17, 15) is 0 Å². The average Bonchev–Trinajstić information content (AvgIpc) is 3.92. The predicted octanol–water partition coefficient (Wildman–Crippen LogP) is 16.0. The van der Waals surface area contributed by atoms with Gasteiger partial charge in [-0.1, -0.05) is 147 Å². The molecular weight excluding hydrogens is 721 g/mol. The van der Waals surface area contributed by atoms with E-state index in [-0.39, 0.29) is 5.41 Å². The lowest BCUT2D eigenvalue weighted by atomic mass is 9.82. The number of rotatable bonds is 5. The molecule has 11 aromatic rings. The Morgan fingerprint density at radius 1 is 0.448 bits per heavy atom. The molecule has 12 rings (SSSR count). The molecule has 0 spiro atoms. The number of anilines is 3. The van der Waals surface area contributed by atoms with E-state index < -0.39 is 0 Å². The Morgan fingerprint density at radius 3 is 1.86 bits per heavy atom. The standard InChI is InChI=1S/C55H38N2S/c1-55(2)48-14-8-6-12-42(48)43-30-27-41(33-49(43)55)57(39-23-16-35(17-24-39)34-10-4-3-5-11-34)40-25-18-36(19-26-40)38-22-31-51-47(32-38)46-29-21-37-20-28-45-44-13-7-9-15-50(44)56-53(45)52(37)54(46)58-51/h3-33,56H,1-2H3. The first-order valence-electron chi connectivity index (χ1n) is 20.1. The zero-order valence-corrected chi connectivity index (χ0v) is 33.1. The van der Waals surface area contributed by atoms with Crippen LogP contribution in [0.25, 0.3) is 86.1 Å². The van der Waals surface area contributed by atoms with Gasteiger partial charge in [0.15, 0.2) is 0 Å². The molecule has 1 aliphatic carbocycles. The molecule has 0 unspecified atom stereocenters. The van der Waals surface area contributed by atoms with Crippen LogP contribution in [0.1, 0.15) is 25.0 Å². The Balaban J connectivity index is 0.957. The van der Waals surface area contributed by atoms with Gasteiger partial charge in [-0.2, -0.15) is 0 Å². The minimum atomic E-state index is -0.0903. The molecule has 1 aliphatic rings. The summed E-state index contributed by atoms with van der Waals surface area (Å²) in [7, 11) is 0.